The van der Waals surface area contributed by atoms with Crippen molar-refractivity contribution in [1.82, 2.24) is 15.1 Å². The number of hydrogen-bond donors (Lipinski definition) is 1. The summed E-state index contributed by atoms with van der Waals surface area (Å²) in [6.07, 6.45) is 9.74. The van der Waals surface area contributed by atoms with E-state index < -0.39 is 0 Å². The SMILES string of the molecule is CCC1CCN(C2CCN3CCCC3C2)CCCN1. The molecule has 0 spiro atoms. The number of nitrogens with zero attached hydrogens (tertiary/aromatic N) is 2. The van der Waals surface area contributed by atoms with Gasteiger partial charge in [0.25, 0.3) is 0 Å². The molecule has 3 saturated heterocycles. The molecule has 3 atom stereocenters. The van der Waals surface area contributed by atoms with Crippen molar-refractivity contribution in [1.29, 1.82) is 0 Å². The van der Waals surface area contributed by atoms with Crippen molar-refractivity contribution >= 4 is 0 Å². The maximum Gasteiger partial charge on any atom is 0.0122 e. The van der Waals surface area contributed by atoms with E-state index in [1.807, 2.05) is 0 Å². The lowest BCUT2D eigenvalue weighted by Gasteiger charge is -2.42. The second kappa shape index (κ2) is 6.55. The lowest BCUT2D eigenvalue weighted by atomic mass is 9.95. The normalized spacial score (nSPS) is 38.7. The highest BCUT2D eigenvalue weighted by molar-refractivity contribution is 4.91. The van der Waals surface area contributed by atoms with E-state index in [2.05, 4.69) is 22.0 Å². The zero-order valence-corrected chi connectivity index (χ0v) is 12.6. The second-order valence-electron chi connectivity index (χ2n) is 6.75. The van der Waals surface area contributed by atoms with Gasteiger partial charge in [-0.3, -0.25) is 0 Å². The van der Waals surface area contributed by atoms with Crippen LogP contribution in [-0.4, -0.2) is 60.6 Å². The highest BCUT2D eigenvalue weighted by Crippen LogP contribution is 2.29. The Morgan fingerprint density at radius 1 is 0.895 bits per heavy atom. The molecular formula is C16H31N3. The zero-order chi connectivity index (χ0) is 13.1. The fourth-order valence-corrected chi connectivity index (χ4v) is 4.37. The van der Waals surface area contributed by atoms with E-state index in [1.54, 1.807) is 0 Å². The summed E-state index contributed by atoms with van der Waals surface area (Å²) < 4.78 is 0. The summed E-state index contributed by atoms with van der Waals surface area (Å²) in [6.45, 7) is 8.92. The number of nitrogens with one attached hydrogen (secondary N) is 1. The number of fused-ring (bicyclic) bond motifs is 1. The molecule has 3 aliphatic heterocycles. The Morgan fingerprint density at radius 3 is 2.47 bits per heavy atom. The van der Waals surface area contributed by atoms with Gasteiger partial charge in [0.15, 0.2) is 0 Å². The molecule has 1 N–H and O–H groups in total. The number of hydrogen-bond acceptors (Lipinski definition) is 3. The Labute approximate surface area is 118 Å². The van der Waals surface area contributed by atoms with Crippen molar-refractivity contribution in [3.8, 4) is 0 Å². The summed E-state index contributed by atoms with van der Waals surface area (Å²) in [6, 6.07) is 2.56. The van der Waals surface area contributed by atoms with E-state index >= 15 is 0 Å². The summed E-state index contributed by atoms with van der Waals surface area (Å²) in [4.78, 5) is 5.58. The first kappa shape index (κ1) is 13.8. The summed E-state index contributed by atoms with van der Waals surface area (Å²) in [5, 5.41) is 3.70. The molecule has 0 aromatic carbocycles. The molecule has 3 unspecified atom stereocenters. The van der Waals surface area contributed by atoms with Gasteiger partial charge in [0.1, 0.15) is 0 Å². The minimum Gasteiger partial charge on any atom is -0.314 e. The molecular weight excluding hydrogens is 234 g/mol. The zero-order valence-electron chi connectivity index (χ0n) is 12.6. The summed E-state index contributed by atoms with van der Waals surface area (Å²) in [7, 11) is 0. The van der Waals surface area contributed by atoms with Crippen molar-refractivity contribution in [3.63, 3.8) is 0 Å². The first-order chi connectivity index (χ1) is 9.36. The van der Waals surface area contributed by atoms with E-state index in [9.17, 15) is 0 Å². The predicted octanol–water partition coefficient (Wildman–Crippen LogP) is 2.08. The topological polar surface area (TPSA) is 18.5 Å². The lowest BCUT2D eigenvalue weighted by Crippen LogP contribution is -2.50. The fraction of sp³-hybridized carbons (Fsp3) is 1.00. The smallest absolute Gasteiger partial charge is 0.0122 e. The van der Waals surface area contributed by atoms with Gasteiger partial charge in [-0.25, -0.2) is 0 Å². The molecule has 3 heterocycles. The van der Waals surface area contributed by atoms with Gasteiger partial charge >= 0.3 is 0 Å². The Morgan fingerprint density at radius 2 is 1.63 bits per heavy atom. The highest BCUT2D eigenvalue weighted by atomic mass is 15.2. The van der Waals surface area contributed by atoms with Crippen LogP contribution in [-0.2, 0) is 0 Å². The first-order valence-electron chi connectivity index (χ1n) is 8.58. The number of rotatable bonds is 2. The molecule has 3 nitrogen and oxygen atoms in total. The van der Waals surface area contributed by atoms with Gasteiger partial charge < -0.3 is 15.1 Å². The average molecular weight is 265 g/mol. The Bertz CT molecular complexity index is 281. The second-order valence-corrected chi connectivity index (χ2v) is 6.75. The van der Waals surface area contributed by atoms with Gasteiger partial charge in [-0.15, -0.1) is 0 Å². The monoisotopic (exact) mass is 265 g/mol. The number of piperidine rings is 1. The first-order valence-corrected chi connectivity index (χ1v) is 8.58. The maximum atomic E-state index is 3.70. The van der Waals surface area contributed by atoms with Crippen LogP contribution in [0.3, 0.4) is 0 Å². The standard InChI is InChI=1S/C16H31N3/c1-2-14-6-11-19(10-4-8-17-14)16-7-12-18-9-3-5-15(18)13-16/h14-17H,2-13H2,1H3. The van der Waals surface area contributed by atoms with Crippen molar-refractivity contribution in [2.75, 3.05) is 32.7 Å². The van der Waals surface area contributed by atoms with Crippen LogP contribution in [0.5, 0.6) is 0 Å². The Hall–Kier alpha value is -0.120. The minimum atomic E-state index is 0.759. The quantitative estimate of drug-likeness (QED) is 0.825. The van der Waals surface area contributed by atoms with Crippen LogP contribution >= 0.6 is 0 Å². The van der Waals surface area contributed by atoms with Crippen LogP contribution in [0.4, 0.5) is 0 Å². The third-order valence-corrected chi connectivity index (χ3v) is 5.62. The molecule has 3 fully saturated rings. The van der Waals surface area contributed by atoms with Crippen molar-refractivity contribution < 1.29 is 0 Å². The van der Waals surface area contributed by atoms with Gasteiger partial charge in [-0.05, 0) is 77.7 Å². The summed E-state index contributed by atoms with van der Waals surface area (Å²) in [5.41, 5.74) is 0. The van der Waals surface area contributed by atoms with Crippen LogP contribution in [0.15, 0.2) is 0 Å². The Balaban J connectivity index is 1.55. The summed E-state index contributed by atoms with van der Waals surface area (Å²) in [5.74, 6) is 0. The molecule has 0 amide bonds. The Kier molecular flexibility index (Phi) is 4.78. The van der Waals surface area contributed by atoms with E-state index in [4.69, 9.17) is 0 Å². The molecule has 0 radical (unpaired) electrons. The van der Waals surface area contributed by atoms with Gasteiger partial charge in [-0.2, -0.15) is 0 Å². The molecule has 3 heteroatoms. The summed E-state index contributed by atoms with van der Waals surface area (Å²) >= 11 is 0. The van der Waals surface area contributed by atoms with Crippen LogP contribution in [0, 0.1) is 0 Å². The van der Waals surface area contributed by atoms with E-state index in [-0.39, 0.29) is 0 Å². The molecule has 0 saturated carbocycles. The van der Waals surface area contributed by atoms with Crippen molar-refractivity contribution in [3.05, 3.63) is 0 Å². The fourth-order valence-electron chi connectivity index (χ4n) is 4.37. The van der Waals surface area contributed by atoms with Gasteiger partial charge in [0.2, 0.25) is 0 Å². The van der Waals surface area contributed by atoms with Crippen molar-refractivity contribution in [2.24, 2.45) is 0 Å². The minimum absolute atomic E-state index is 0.759. The average Bonchev–Trinajstić information content (AvgIpc) is 2.86. The molecule has 3 aliphatic rings. The highest BCUT2D eigenvalue weighted by Gasteiger charge is 2.34. The van der Waals surface area contributed by atoms with Gasteiger partial charge in [0.05, 0.1) is 0 Å². The molecule has 0 aromatic heterocycles. The van der Waals surface area contributed by atoms with Gasteiger partial charge in [0, 0.05) is 18.1 Å². The lowest BCUT2D eigenvalue weighted by molar-refractivity contribution is 0.0793. The predicted molar refractivity (Wildman–Crippen MR) is 80.5 cm³/mol. The van der Waals surface area contributed by atoms with Crippen LogP contribution in [0.2, 0.25) is 0 Å². The largest absolute Gasteiger partial charge is 0.314 e. The van der Waals surface area contributed by atoms with E-state index in [0.29, 0.717) is 0 Å². The molecule has 0 aromatic rings. The molecule has 0 aliphatic carbocycles. The maximum absolute atomic E-state index is 3.70. The molecule has 0 bridgehead atoms. The third-order valence-electron chi connectivity index (χ3n) is 5.62. The van der Waals surface area contributed by atoms with Crippen LogP contribution in [0.25, 0.3) is 0 Å². The third kappa shape index (κ3) is 3.32. The molecule has 3 rings (SSSR count). The molecule has 19 heavy (non-hydrogen) atoms. The van der Waals surface area contributed by atoms with Crippen molar-refractivity contribution in [2.45, 2.75) is 70.0 Å². The van der Waals surface area contributed by atoms with E-state index in [1.165, 1.54) is 77.7 Å². The molecule has 110 valence electrons. The van der Waals surface area contributed by atoms with Crippen LogP contribution in [0.1, 0.15) is 51.9 Å². The van der Waals surface area contributed by atoms with Crippen LogP contribution < -0.4 is 5.32 Å². The van der Waals surface area contributed by atoms with E-state index in [0.717, 1.165) is 18.1 Å². The van der Waals surface area contributed by atoms with Gasteiger partial charge in [-0.1, -0.05) is 6.92 Å².